The molecule has 0 atom stereocenters. The Morgan fingerprint density at radius 1 is 1.10 bits per heavy atom. The number of hydrogen-bond acceptors (Lipinski definition) is 2. The van der Waals surface area contributed by atoms with Crippen molar-refractivity contribution in [1.29, 1.82) is 0 Å². The third kappa shape index (κ3) is 3.25. The van der Waals surface area contributed by atoms with E-state index in [9.17, 15) is 13.2 Å². The molecular formula is C14H11BrF3NO. The van der Waals surface area contributed by atoms with Crippen molar-refractivity contribution < 1.29 is 17.9 Å². The van der Waals surface area contributed by atoms with E-state index in [2.05, 4.69) is 15.9 Å². The molecule has 0 bridgehead atoms. The summed E-state index contributed by atoms with van der Waals surface area (Å²) in [7, 11) is 0. The van der Waals surface area contributed by atoms with E-state index >= 15 is 0 Å². The van der Waals surface area contributed by atoms with Crippen molar-refractivity contribution in [1.82, 2.24) is 0 Å². The lowest BCUT2D eigenvalue weighted by atomic mass is 10.1. The number of alkyl halides is 3. The standard InChI is InChI=1S/C14H11BrF3NO/c1-8-2-3-9(15)6-13(8)20-10-4-5-12(19)11(7-10)14(16,17)18/h2-7H,19H2,1H3. The van der Waals surface area contributed by atoms with E-state index in [0.717, 1.165) is 16.1 Å². The first kappa shape index (κ1) is 14.7. The number of rotatable bonds is 2. The van der Waals surface area contributed by atoms with Crippen LogP contribution in [-0.4, -0.2) is 0 Å². The van der Waals surface area contributed by atoms with Crippen LogP contribution in [0.4, 0.5) is 18.9 Å². The Hall–Kier alpha value is -1.69. The average molecular weight is 346 g/mol. The summed E-state index contributed by atoms with van der Waals surface area (Å²) in [5, 5.41) is 0. The molecule has 106 valence electrons. The number of nitrogen functional groups attached to an aromatic ring is 1. The molecule has 0 saturated heterocycles. The molecule has 2 rings (SSSR count). The number of anilines is 1. The highest BCUT2D eigenvalue weighted by atomic mass is 79.9. The highest BCUT2D eigenvalue weighted by molar-refractivity contribution is 9.10. The van der Waals surface area contributed by atoms with E-state index in [1.165, 1.54) is 12.1 Å². The van der Waals surface area contributed by atoms with Crippen molar-refractivity contribution in [3.8, 4) is 11.5 Å². The maximum atomic E-state index is 12.8. The molecule has 0 aliphatic heterocycles. The van der Waals surface area contributed by atoms with E-state index in [1.54, 1.807) is 12.1 Å². The third-order valence-electron chi connectivity index (χ3n) is 2.71. The zero-order valence-corrected chi connectivity index (χ0v) is 12.0. The molecule has 0 heterocycles. The number of ether oxygens (including phenoxy) is 1. The molecular weight excluding hydrogens is 335 g/mol. The molecule has 0 aliphatic rings. The Kier molecular flexibility index (Phi) is 3.94. The van der Waals surface area contributed by atoms with Gasteiger partial charge in [-0.05, 0) is 42.8 Å². The second-order valence-electron chi connectivity index (χ2n) is 4.26. The number of nitrogens with two attached hydrogens (primary N) is 1. The van der Waals surface area contributed by atoms with Gasteiger partial charge in [0.2, 0.25) is 0 Å². The van der Waals surface area contributed by atoms with E-state index < -0.39 is 11.7 Å². The van der Waals surface area contributed by atoms with Crippen LogP contribution in [0, 0.1) is 6.92 Å². The Labute approximate surface area is 122 Å². The van der Waals surface area contributed by atoms with Gasteiger partial charge >= 0.3 is 6.18 Å². The molecule has 20 heavy (non-hydrogen) atoms. The van der Waals surface area contributed by atoms with Crippen LogP contribution >= 0.6 is 15.9 Å². The van der Waals surface area contributed by atoms with E-state index in [0.29, 0.717) is 5.75 Å². The number of benzene rings is 2. The minimum Gasteiger partial charge on any atom is -0.457 e. The Balaban J connectivity index is 2.37. The monoisotopic (exact) mass is 345 g/mol. The van der Waals surface area contributed by atoms with Gasteiger partial charge in [0.15, 0.2) is 0 Å². The normalized spacial score (nSPS) is 11.4. The first-order valence-electron chi connectivity index (χ1n) is 5.68. The van der Waals surface area contributed by atoms with Crippen LogP contribution in [0.1, 0.15) is 11.1 Å². The van der Waals surface area contributed by atoms with Crippen molar-refractivity contribution in [3.05, 3.63) is 52.0 Å². The molecule has 2 nitrogen and oxygen atoms in total. The maximum absolute atomic E-state index is 12.8. The summed E-state index contributed by atoms with van der Waals surface area (Å²) in [6.07, 6.45) is -4.50. The molecule has 6 heteroatoms. The zero-order chi connectivity index (χ0) is 14.9. The highest BCUT2D eigenvalue weighted by Crippen LogP contribution is 2.37. The lowest BCUT2D eigenvalue weighted by Crippen LogP contribution is -2.08. The second-order valence-corrected chi connectivity index (χ2v) is 5.17. The molecule has 2 aromatic carbocycles. The topological polar surface area (TPSA) is 35.2 Å². The van der Waals surface area contributed by atoms with Crippen LogP contribution in [0.2, 0.25) is 0 Å². The van der Waals surface area contributed by atoms with Gasteiger partial charge in [0.05, 0.1) is 5.56 Å². The largest absolute Gasteiger partial charge is 0.457 e. The Morgan fingerprint density at radius 2 is 1.80 bits per heavy atom. The molecule has 0 fully saturated rings. The SMILES string of the molecule is Cc1ccc(Br)cc1Oc1ccc(N)c(C(F)(F)F)c1. The molecule has 0 aliphatic carbocycles. The fourth-order valence-corrected chi connectivity index (χ4v) is 2.00. The van der Waals surface area contributed by atoms with Gasteiger partial charge in [-0.3, -0.25) is 0 Å². The Bertz CT molecular complexity index is 641. The number of halogens is 4. The van der Waals surface area contributed by atoms with Gasteiger partial charge in [-0.2, -0.15) is 13.2 Å². The predicted octanol–water partition coefficient (Wildman–Crippen LogP) is 5.15. The van der Waals surface area contributed by atoms with Crippen LogP contribution < -0.4 is 10.5 Å². The van der Waals surface area contributed by atoms with Crippen LogP contribution in [0.3, 0.4) is 0 Å². The van der Waals surface area contributed by atoms with Gasteiger partial charge in [0.25, 0.3) is 0 Å². The maximum Gasteiger partial charge on any atom is 0.418 e. The van der Waals surface area contributed by atoms with Crippen molar-refractivity contribution in [2.24, 2.45) is 0 Å². The molecule has 2 aromatic rings. The smallest absolute Gasteiger partial charge is 0.418 e. The third-order valence-corrected chi connectivity index (χ3v) is 3.20. The van der Waals surface area contributed by atoms with Crippen LogP contribution in [0.15, 0.2) is 40.9 Å². The first-order chi connectivity index (χ1) is 9.27. The second kappa shape index (κ2) is 5.36. The summed E-state index contributed by atoms with van der Waals surface area (Å²) >= 11 is 3.29. The van der Waals surface area contributed by atoms with E-state index in [-0.39, 0.29) is 11.4 Å². The van der Waals surface area contributed by atoms with Crippen molar-refractivity contribution in [2.75, 3.05) is 5.73 Å². The lowest BCUT2D eigenvalue weighted by molar-refractivity contribution is -0.137. The number of hydrogen-bond donors (Lipinski definition) is 1. The van der Waals surface area contributed by atoms with Gasteiger partial charge in [-0.15, -0.1) is 0 Å². The van der Waals surface area contributed by atoms with E-state index in [1.807, 2.05) is 13.0 Å². The van der Waals surface area contributed by atoms with Gasteiger partial charge in [0, 0.05) is 10.2 Å². The molecule has 2 N–H and O–H groups in total. The van der Waals surface area contributed by atoms with Crippen LogP contribution in [0.25, 0.3) is 0 Å². The van der Waals surface area contributed by atoms with Gasteiger partial charge in [-0.25, -0.2) is 0 Å². The minimum absolute atomic E-state index is 0.0905. The summed E-state index contributed by atoms with van der Waals surface area (Å²) in [5.74, 6) is 0.574. The van der Waals surface area contributed by atoms with Gasteiger partial charge in [-0.1, -0.05) is 22.0 Å². The Morgan fingerprint density at radius 3 is 2.45 bits per heavy atom. The molecule has 0 unspecified atom stereocenters. The van der Waals surface area contributed by atoms with Crippen LogP contribution in [0.5, 0.6) is 11.5 Å². The first-order valence-corrected chi connectivity index (χ1v) is 6.47. The summed E-state index contributed by atoms with van der Waals surface area (Å²) in [4.78, 5) is 0. The molecule has 0 saturated carbocycles. The van der Waals surface area contributed by atoms with Gasteiger partial charge in [0.1, 0.15) is 11.5 Å². The molecule has 0 radical (unpaired) electrons. The molecule has 0 amide bonds. The number of aryl methyl sites for hydroxylation is 1. The van der Waals surface area contributed by atoms with Crippen LogP contribution in [-0.2, 0) is 6.18 Å². The fourth-order valence-electron chi connectivity index (χ4n) is 1.66. The van der Waals surface area contributed by atoms with Crippen molar-refractivity contribution in [3.63, 3.8) is 0 Å². The highest BCUT2D eigenvalue weighted by Gasteiger charge is 2.33. The lowest BCUT2D eigenvalue weighted by Gasteiger charge is -2.13. The van der Waals surface area contributed by atoms with E-state index in [4.69, 9.17) is 10.5 Å². The molecule has 0 aromatic heterocycles. The molecule has 0 spiro atoms. The fraction of sp³-hybridized carbons (Fsp3) is 0.143. The van der Waals surface area contributed by atoms with Crippen molar-refractivity contribution in [2.45, 2.75) is 13.1 Å². The summed E-state index contributed by atoms with van der Waals surface area (Å²) in [6, 6.07) is 8.82. The van der Waals surface area contributed by atoms with Gasteiger partial charge < -0.3 is 10.5 Å². The van der Waals surface area contributed by atoms with Crippen molar-refractivity contribution >= 4 is 21.6 Å². The minimum atomic E-state index is -4.50. The summed E-state index contributed by atoms with van der Waals surface area (Å²) < 4.78 is 44.6. The summed E-state index contributed by atoms with van der Waals surface area (Å²) in [6.45, 7) is 1.81. The quantitative estimate of drug-likeness (QED) is 0.763. The zero-order valence-electron chi connectivity index (χ0n) is 10.5. The summed E-state index contributed by atoms with van der Waals surface area (Å²) in [5.41, 5.74) is 4.93. The predicted molar refractivity (Wildman–Crippen MR) is 74.8 cm³/mol. The average Bonchev–Trinajstić information content (AvgIpc) is 2.35.